The van der Waals surface area contributed by atoms with Crippen LogP contribution in [0, 0.1) is 0 Å². The molecular formula is C14H25N3OS2. The van der Waals surface area contributed by atoms with Gasteiger partial charge in [0.1, 0.15) is 0 Å². The van der Waals surface area contributed by atoms with Crippen molar-refractivity contribution in [1.29, 1.82) is 0 Å². The van der Waals surface area contributed by atoms with Gasteiger partial charge in [-0.2, -0.15) is 16.7 Å². The van der Waals surface area contributed by atoms with Crippen LogP contribution >= 0.6 is 23.1 Å². The quantitative estimate of drug-likeness (QED) is 0.873. The summed E-state index contributed by atoms with van der Waals surface area (Å²) in [7, 11) is 5.73. The maximum absolute atomic E-state index is 5.40. The molecule has 1 aliphatic carbocycles. The predicted molar refractivity (Wildman–Crippen MR) is 89.4 cm³/mol. The normalized spacial score (nSPS) is 22.8. The zero-order valence-electron chi connectivity index (χ0n) is 12.8. The van der Waals surface area contributed by atoms with E-state index in [0.717, 1.165) is 22.8 Å². The van der Waals surface area contributed by atoms with Gasteiger partial charge in [0.2, 0.25) is 5.88 Å². The van der Waals surface area contributed by atoms with E-state index in [4.69, 9.17) is 4.74 Å². The number of hydrogen-bond acceptors (Lipinski definition) is 6. The van der Waals surface area contributed by atoms with Crippen LogP contribution in [0.5, 0.6) is 5.88 Å². The van der Waals surface area contributed by atoms with E-state index in [0.29, 0.717) is 6.04 Å². The highest BCUT2D eigenvalue weighted by molar-refractivity contribution is 7.99. The largest absolute Gasteiger partial charge is 0.480 e. The summed E-state index contributed by atoms with van der Waals surface area (Å²) in [5.74, 6) is 0.766. The van der Waals surface area contributed by atoms with Crippen molar-refractivity contribution in [3.8, 4) is 5.88 Å². The summed E-state index contributed by atoms with van der Waals surface area (Å²) in [6.07, 6.45) is 7.56. The van der Waals surface area contributed by atoms with Gasteiger partial charge in [-0.15, -0.1) is 0 Å². The fraction of sp³-hybridized carbons (Fsp3) is 0.786. The zero-order valence-corrected chi connectivity index (χ0v) is 14.4. The fourth-order valence-electron chi connectivity index (χ4n) is 2.62. The number of methoxy groups -OCH3 is 1. The van der Waals surface area contributed by atoms with E-state index in [2.05, 4.69) is 16.6 Å². The molecule has 0 radical (unpaired) electrons. The number of hydrogen-bond donors (Lipinski definition) is 1. The van der Waals surface area contributed by atoms with E-state index in [-0.39, 0.29) is 0 Å². The number of thiazole rings is 1. The smallest absolute Gasteiger partial charge is 0.230 e. The second-order valence-electron chi connectivity index (χ2n) is 5.37. The Balaban J connectivity index is 1.98. The molecule has 0 spiro atoms. The molecule has 1 aromatic rings. The molecule has 1 aromatic heterocycles. The first-order valence-corrected chi connectivity index (χ1v) is 9.23. The lowest BCUT2D eigenvalue weighted by atomic mass is 9.95. The van der Waals surface area contributed by atoms with Crippen molar-refractivity contribution in [2.75, 3.05) is 32.4 Å². The first-order chi connectivity index (χ1) is 9.65. The number of ether oxygens (including phenoxy) is 1. The summed E-state index contributed by atoms with van der Waals surface area (Å²) in [4.78, 5) is 7.73. The summed E-state index contributed by atoms with van der Waals surface area (Å²) >= 11 is 3.70. The van der Waals surface area contributed by atoms with Crippen molar-refractivity contribution in [3.63, 3.8) is 0 Å². The average molecular weight is 316 g/mol. The van der Waals surface area contributed by atoms with Gasteiger partial charge in [0.25, 0.3) is 0 Å². The molecule has 0 aliphatic heterocycles. The Bertz CT molecular complexity index is 423. The van der Waals surface area contributed by atoms with E-state index in [1.54, 1.807) is 18.4 Å². The molecule has 1 N–H and O–H groups in total. The molecule has 0 saturated heterocycles. The Kier molecular flexibility index (Phi) is 5.99. The predicted octanol–water partition coefficient (Wildman–Crippen LogP) is 2.98. The van der Waals surface area contributed by atoms with Gasteiger partial charge in [-0.1, -0.05) is 24.2 Å². The Morgan fingerprint density at radius 3 is 2.80 bits per heavy atom. The fourth-order valence-corrected chi connectivity index (χ4v) is 4.49. The number of anilines is 1. The van der Waals surface area contributed by atoms with Gasteiger partial charge in [0, 0.05) is 31.9 Å². The summed E-state index contributed by atoms with van der Waals surface area (Å²) in [5, 5.41) is 5.47. The average Bonchev–Trinajstić information content (AvgIpc) is 2.89. The van der Waals surface area contributed by atoms with E-state index in [9.17, 15) is 0 Å². The van der Waals surface area contributed by atoms with Crippen molar-refractivity contribution in [3.05, 3.63) is 4.88 Å². The van der Waals surface area contributed by atoms with Crippen molar-refractivity contribution in [2.24, 2.45) is 0 Å². The highest BCUT2D eigenvalue weighted by Crippen LogP contribution is 2.32. The third-order valence-electron chi connectivity index (χ3n) is 3.76. The second-order valence-corrected chi connectivity index (χ2v) is 7.51. The van der Waals surface area contributed by atoms with Gasteiger partial charge >= 0.3 is 0 Å². The maximum Gasteiger partial charge on any atom is 0.230 e. The maximum atomic E-state index is 5.40. The Labute approximate surface area is 130 Å². The van der Waals surface area contributed by atoms with Crippen LogP contribution in [0.3, 0.4) is 0 Å². The van der Waals surface area contributed by atoms with E-state index >= 15 is 0 Å². The molecule has 2 unspecified atom stereocenters. The zero-order chi connectivity index (χ0) is 14.5. The van der Waals surface area contributed by atoms with E-state index in [1.165, 1.54) is 30.6 Å². The molecule has 20 heavy (non-hydrogen) atoms. The lowest BCUT2D eigenvalue weighted by Crippen LogP contribution is -2.39. The van der Waals surface area contributed by atoms with E-state index in [1.807, 2.05) is 30.8 Å². The van der Waals surface area contributed by atoms with Crippen molar-refractivity contribution < 1.29 is 4.74 Å². The Morgan fingerprint density at radius 1 is 1.40 bits per heavy atom. The molecule has 1 fully saturated rings. The van der Waals surface area contributed by atoms with Gasteiger partial charge in [0.15, 0.2) is 5.13 Å². The molecule has 2 atom stereocenters. The standard InChI is InChI=1S/C14H25N3OS2/c1-17(2)14-16-13(18-3)12(20-14)9-15-10-7-5-6-8-11(10)19-4/h10-11,15H,5-9H2,1-4H3. The summed E-state index contributed by atoms with van der Waals surface area (Å²) in [5.41, 5.74) is 0. The van der Waals surface area contributed by atoms with Crippen molar-refractivity contribution in [2.45, 2.75) is 43.5 Å². The lowest BCUT2D eigenvalue weighted by Gasteiger charge is -2.31. The lowest BCUT2D eigenvalue weighted by molar-refractivity contribution is 0.372. The number of aromatic nitrogens is 1. The third-order valence-corrected chi connectivity index (χ3v) is 6.13. The minimum Gasteiger partial charge on any atom is -0.480 e. The monoisotopic (exact) mass is 315 g/mol. The van der Waals surface area contributed by atoms with Crippen LogP contribution in [0.4, 0.5) is 5.13 Å². The Hall–Kier alpha value is -0.460. The van der Waals surface area contributed by atoms with Gasteiger partial charge in [0.05, 0.1) is 12.0 Å². The summed E-state index contributed by atoms with van der Waals surface area (Å²) in [6.45, 7) is 0.858. The van der Waals surface area contributed by atoms with Crippen LogP contribution in [0.25, 0.3) is 0 Å². The van der Waals surface area contributed by atoms with Gasteiger partial charge in [-0.3, -0.25) is 0 Å². The third kappa shape index (κ3) is 3.80. The molecule has 1 aliphatic rings. The second kappa shape index (κ2) is 7.52. The molecular weight excluding hydrogens is 290 g/mol. The van der Waals surface area contributed by atoms with Crippen LogP contribution < -0.4 is 15.0 Å². The number of thioether (sulfide) groups is 1. The molecule has 1 saturated carbocycles. The summed E-state index contributed by atoms with van der Waals surface area (Å²) in [6, 6.07) is 0.619. The molecule has 6 heteroatoms. The number of nitrogens with zero attached hydrogens (tertiary/aromatic N) is 2. The highest BCUT2D eigenvalue weighted by atomic mass is 32.2. The van der Waals surface area contributed by atoms with E-state index < -0.39 is 0 Å². The Morgan fingerprint density at radius 2 is 2.15 bits per heavy atom. The first-order valence-electron chi connectivity index (χ1n) is 7.13. The van der Waals surface area contributed by atoms with Crippen molar-refractivity contribution in [1.82, 2.24) is 10.3 Å². The minimum atomic E-state index is 0.619. The van der Waals surface area contributed by atoms with Gasteiger partial charge < -0.3 is 15.0 Å². The van der Waals surface area contributed by atoms with Crippen LogP contribution in [-0.2, 0) is 6.54 Å². The SMILES string of the molecule is COc1nc(N(C)C)sc1CNC1CCCCC1SC. The molecule has 1 heterocycles. The number of rotatable bonds is 6. The van der Waals surface area contributed by atoms with Gasteiger partial charge in [-0.25, -0.2) is 0 Å². The van der Waals surface area contributed by atoms with Crippen LogP contribution in [-0.4, -0.2) is 43.7 Å². The van der Waals surface area contributed by atoms with Crippen LogP contribution in [0.2, 0.25) is 0 Å². The molecule has 2 rings (SSSR count). The van der Waals surface area contributed by atoms with Crippen molar-refractivity contribution >= 4 is 28.2 Å². The molecule has 114 valence electrons. The number of nitrogens with one attached hydrogen (secondary N) is 1. The first kappa shape index (κ1) is 15.9. The molecule has 0 bridgehead atoms. The van der Waals surface area contributed by atoms with Crippen LogP contribution in [0.1, 0.15) is 30.6 Å². The summed E-state index contributed by atoms with van der Waals surface area (Å²) < 4.78 is 5.40. The molecule has 0 aromatic carbocycles. The highest BCUT2D eigenvalue weighted by Gasteiger charge is 2.24. The molecule has 4 nitrogen and oxygen atoms in total. The minimum absolute atomic E-state index is 0.619. The van der Waals surface area contributed by atoms with Gasteiger partial charge in [-0.05, 0) is 19.1 Å². The molecule has 0 amide bonds. The topological polar surface area (TPSA) is 37.4 Å². The van der Waals surface area contributed by atoms with Crippen LogP contribution in [0.15, 0.2) is 0 Å².